The Morgan fingerprint density at radius 2 is 0.562 bits per heavy atom. The lowest BCUT2D eigenvalue weighted by Crippen LogP contribution is -2.12. The van der Waals surface area contributed by atoms with Crippen LogP contribution in [0.25, 0.3) is 66.3 Å². The van der Waals surface area contributed by atoms with Crippen molar-refractivity contribution in [2.45, 2.75) is 0 Å². The van der Waals surface area contributed by atoms with Crippen LogP contribution in [0.15, 0.2) is 255 Å². The van der Waals surface area contributed by atoms with Crippen LogP contribution < -0.4 is 9.80 Å². The van der Waals surface area contributed by atoms with E-state index in [1.165, 1.54) is 16.3 Å². The fourth-order valence-corrected chi connectivity index (χ4v) is 9.16. The van der Waals surface area contributed by atoms with Crippen LogP contribution in [0.4, 0.5) is 34.1 Å². The lowest BCUT2D eigenvalue weighted by atomic mass is 9.83. The van der Waals surface area contributed by atoms with Crippen LogP contribution in [0.3, 0.4) is 0 Å². The Labute approximate surface area is 373 Å². The number of pyridine rings is 2. The maximum atomic E-state index is 4.87. The Hall–Kier alpha value is -8.60. The summed E-state index contributed by atoms with van der Waals surface area (Å²) in [6.07, 6.45) is 3.75. The van der Waals surface area contributed by atoms with Crippen molar-refractivity contribution in [2.24, 2.45) is 0 Å². The zero-order valence-corrected chi connectivity index (χ0v) is 35.0. The standard InChI is InChI=1S/C60H42N4/c1-4-20-43(21-5-1)63(44-22-6-2-7-23-44)46-34-36-47(37-35-46)64(45-24-8-3-9-25-45)48-38-39-55-56(42-48)60(52-29-13-11-27-50(52)58-33-17-19-41-62-58)54-31-15-14-30-53(54)59(55)51-28-12-10-26-49(51)57-32-16-18-40-61-57/h1-42H. The van der Waals surface area contributed by atoms with Gasteiger partial charge in [-0.15, -0.1) is 0 Å². The van der Waals surface area contributed by atoms with Crippen molar-refractivity contribution in [3.63, 3.8) is 0 Å². The number of hydrogen-bond donors (Lipinski definition) is 0. The second kappa shape index (κ2) is 17.0. The first-order chi connectivity index (χ1) is 31.8. The molecule has 302 valence electrons. The van der Waals surface area contributed by atoms with E-state index in [0.717, 1.165) is 84.1 Å². The van der Waals surface area contributed by atoms with Crippen LogP contribution >= 0.6 is 0 Å². The van der Waals surface area contributed by atoms with E-state index in [1.807, 2.05) is 24.5 Å². The van der Waals surface area contributed by atoms with Gasteiger partial charge in [0.2, 0.25) is 0 Å². The monoisotopic (exact) mass is 818 g/mol. The Kier molecular flexibility index (Phi) is 10.2. The van der Waals surface area contributed by atoms with E-state index in [2.05, 4.69) is 240 Å². The number of anilines is 6. The first-order valence-electron chi connectivity index (χ1n) is 21.7. The quantitative estimate of drug-likeness (QED) is 0.129. The molecule has 4 heteroatoms. The fraction of sp³-hybridized carbons (Fsp3) is 0. The molecule has 0 saturated carbocycles. The molecule has 2 heterocycles. The summed E-state index contributed by atoms with van der Waals surface area (Å²) in [5.74, 6) is 0. The zero-order chi connectivity index (χ0) is 42.7. The Bertz CT molecular complexity index is 3320. The van der Waals surface area contributed by atoms with E-state index in [0.29, 0.717) is 0 Å². The van der Waals surface area contributed by atoms with Crippen LogP contribution in [0.5, 0.6) is 0 Å². The predicted molar refractivity (Wildman–Crippen MR) is 268 cm³/mol. The van der Waals surface area contributed by atoms with Crippen LogP contribution in [-0.2, 0) is 0 Å². The molecule has 4 nitrogen and oxygen atoms in total. The van der Waals surface area contributed by atoms with Crippen molar-refractivity contribution in [3.05, 3.63) is 255 Å². The summed E-state index contributed by atoms with van der Waals surface area (Å²) < 4.78 is 0. The topological polar surface area (TPSA) is 32.3 Å². The second-order valence-electron chi connectivity index (χ2n) is 15.7. The van der Waals surface area contributed by atoms with Gasteiger partial charge in [0.05, 0.1) is 11.4 Å². The van der Waals surface area contributed by atoms with Gasteiger partial charge in [0.15, 0.2) is 0 Å². The lowest BCUT2D eigenvalue weighted by molar-refractivity contribution is 1.26. The first kappa shape index (κ1) is 38.3. The molecule has 11 rings (SSSR count). The molecular weight excluding hydrogens is 777 g/mol. The Morgan fingerprint density at radius 3 is 1.00 bits per heavy atom. The highest BCUT2D eigenvalue weighted by Crippen LogP contribution is 2.49. The number of fused-ring (bicyclic) bond motifs is 2. The molecule has 0 amide bonds. The molecule has 0 atom stereocenters. The number of rotatable bonds is 10. The summed E-state index contributed by atoms with van der Waals surface area (Å²) in [5.41, 5.74) is 15.1. The maximum Gasteiger partial charge on any atom is 0.0708 e. The summed E-state index contributed by atoms with van der Waals surface area (Å²) in [4.78, 5) is 14.4. The van der Waals surface area contributed by atoms with Crippen LogP contribution in [-0.4, -0.2) is 9.97 Å². The third-order valence-electron chi connectivity index (χ3n) is 11.9. The van der Waals surface area contributed by atoms with Crippen molar-refractivity contribution in [1.82, 2.24) is 9.97 Å². The summed E-state index contributed by atoms with van der Waals surface area (Å²) in [5, 5.41) is 4.64. The van der Waals surface area contributed by atoms with Crippen molar-refractivity contribution < 1.29 is 0 Å². The normalized spacial score (nSPS) is 11.1. The van der Waals surface area contributed by atoms with Crippen LogP contribution in [0, 0.1) is 0 Å². The minimum absolute atomic E-state index is 0.933. The molecule has 9 aromatic carbocycles. The van der Waals surface area contributed by atoms with Crippen molar-refractivity contribution in [2.75, 3.05) is 9.80 Å². The average molecular weight is 819 g/mol. The molecular formula is C60H42N4. The third-order valence-corrected chi connectivity index (χ3v) is 11.9. The maximum absolute atomic E-state index is 4.87. The fourth-order valence-electron chi connectivity index (χ4n) is 9.16. The number of nitrogens with zero attached hydrogens (tertiary/aromatic N) is 4. The molecule has 11 aromatic rings. The molecule has 0 N–H and O–H groups in total. The van der Waals surface area contributed by atoms with Gasteiger partial charge in [0, 0.05) is 57.6 Å². The van der Waals surface area contributed by atoms with Crippen LogP contribution in [0.1, 0.15) is 0 Å². The molecule has 64 heavy (non-hydrogen) atoms. The zero-order valence-electron chi connectivity index (χ0n) is 35.0. The van der Waals surface area contributed by atoms with Crippen molar-refractivity contribution in [3.8, 4) is 44.8 Å². The SMILES string of the molecule is c1ccc(N(c2ccccc2)c2ccc(N(c3ccccc3)c3ccc4c(-c5ccccc5-c5ccccn5)c5ccccc5c(-c5ccccc5-c5ccccn5)c4c3)cc2)cc1. The summed E-state index contributed by atoms with van der Waals surface area (Å²) in [6, 6.07) is 86.2. The van der Waals surface area contributed by atoms with Crippen LogP contribution in [0.2, 0.25) is 0 Å². The van der Waals surface area contributed by atoms with E-state index in [-0.39, 0.29) is 0 Å². The Balaban J connectivity index is 1.17. The molecule has 0 spiro atoms. The average Bonchev–Trinajstić information content (AvgIpc) is 3.38. The molecule has 0 bridgehead atoms. The van der Waals surface area contributed by atoms with Gasteiger partial charge in [-0.2, -0.15) is 0 Å². The number of aromatic nitrogens is 2. The molecule has 0 aliphatic carbocycles. The summed E-state index contributed by atoms with van der Waals surface area (Å²) in [6.45, 7) is 0. The first-order valence-corrected chi connectivity index (χ1v) is 21.7. The molecule has 0 radical (unpaired) electrons. The minimum atomic E-state index is 0.933. The number of benzene rings is 9. The highest BCUT2D eigenvalue weighted by atomic mass is 15.2. The number of para-hydroxylation sites is 3. The highest BCUT2D eigenvalue weighted by Gasteiger charge is 2.23. The molecule has 0 unspecified atom stereocenters. The van der Waals surface area contributed by atoms with E-state index in [1.54, 1.807) is 0 Å². The van der Waals surface area contributed by atoms with E-state index >= 15 is 0 Å². The largest absolute Gasteiger partial charge is 0.311 e. The molecule has 0 saturated heterocycles. The highest BCUT2D eigenvalue weighted by molar-refractivity contribution is 6.24. The van der Waals surface area contributed by atoms with Gasteiger partial charge in [0.1, 0.15) is 0 Å². The van der Waals surface area contributed by atoms with Gasteiger partial charge in [-0.3, -0.25) is 9.97 Å². The smallest absolute Gasteiger partial charge is 0.0708 e. The van der Waals surface area contributed by atoms with E-state index in [4.69, 9.17) is 9.97 Å². The second-order valence-corrected chi connectivity index (χ2v) is 15.7. The van der Waals surface area contributed by atoms with Crippen molar-refractivity contribution in [1.29, 1.82) is 0 Å². The van der Waals surface area contributed by atoms with Gasteiger partial charge in [-0.25, -0.2) is 0 Å². The van der Waals surface area contributed by atoms with Gasteiger partial charge in [-0.05, 0) is 141 Å². The third kappa shape index (κ3) is 7.13. The molecule has 0 aliphatic rings. The van der Waals surface area contributed by atoms with E-state index in [9.17, 15) is 0 Å². The lowest BCUT2D eigenvalue weighted by Gasteiger charge is -2.29. The summed E-state index contributed by atoms with van der Waals surface area (Å²) >= 11 is 0. The van der Waals surface area contributed by atoms with Gasteiger partial charge in [-0.1, -0.05) is 146 Å². The summed E-state index contributed by atoms with van der Waals surface area (Å²) in [7, 11) is 0. The minimum Gasteiger partial charge on any atom is -0.311 e. The van der Waals surface area contributed by atoms with E-state index < -0.39 is 0 Å². The van der Waals surface area contributed by atoms with Gasteiger partial charge < -0.3 is 9.80 Å². The van der Waals surface area contributed by atoms with Crippen molar-refractivity contribution >= 4 is 55.7 Å². The van der Waals surface area contributed by atoms with Gasteiger partial charge in [0.25, 0.3) is 0 Å². The predicted octanol–water partition coefficient (Wildman–Crippen LogP) is 16.4. The molecule has 0 fully saturated rings. The Morgan fingerprint density at radius 1 is 0.234 bits per heavy atom. The molecule has 2 aromatic heterocycles. The number of hydrogen-bond acceptors (Lipinski definition) is 4. The molecule has 0 aliphatic heterocycles. The van der Waals surface area contributed by atoms with Gasteiger partial charge >= 0.3 is 0 Å².